The third-order valence-electron chi connectivity index (χ3n) is 8.67. The fourth-order valence-corrected chi connectivity index (χ4v) is 13.4. The molecule has 38 heavy (non-hydrogen) atoms. The van der Waals surface area contributed by atoms with E-state index in [1.54, 1.807) is 0 Å². The van der Waals surface area contributed by atoms with Crippen LogP contribution >= 0.6 is 0 Å². The van der Waals surface area contributed by atoms with Gasteiger partial charge in [-0.15, -0.1) is 0 Å². The second kappa shape index (κ2) is 8.99. The zero-order chi connectivity index (χ0) is 25.7. The zero-order valence-corrected chi connectivity index (χ0v) is 22.1. The molecule has 2 bridgehead atoms. The van der Waals surface area contributed by atoms with Crippen molar-refractivity contribution in [1.29, 1.82) is 0 Å². The molecular formula is C32H29N3O2Si. The van der Waals surface area contributed by atoms with Crippen LogP contribution in [-0.2, 0) is 0 Å². The summed E-state index contributed by atoms with van der Waals surface area (Å²) in [5.41, 5.74) is 0.314. The Bertz CT molecular complexity index is 1550. The molecular weight excluding hydrogens is 486 g/mol. The first-order chi connectivity index (χ1) is 18.7. The molecule has 188 valence electrons. The highest BCUT2D eigenvalue weighted by Gasteiger charge is 2.59. The van der Waals surface area contributed by atoms with Crippen LogP contribution in [0.15, 0.2) is 131 Å². The van der Waals surface area contributed by atoms with E-state index in [0.717, 1.165) is 19.3 Å². The van der Waals surface area contributed by atoms with E-state index in [2.05, 4.69) is 91.0 Å². The first kappa shape index (κ1) is 23.0. The fraction of sp³-hybridized carbons (Fsp3) is 0.188. The molecule has 2 aliphatic rings. The van der Waals surface area contributed by atoms with Crippen molar-refractivity contribution in [3.63, 3.8) is 0 Å². The van der Waals surface area contributed by atoms with Crippen molar-refractivity contribution in [1.82, 2.24) is 13.9 Å². The molecule has 0 spiro atoms. The Morgan fingerprint density at radius 1 is 0.526 bits per heavy atom. The molecule has 1 aliphatic carbocycles. The van der Waals surface area contributed by atoms with Crippen molar-refractivity contribution in [2.24, 2.45) is 0 Å². The maximum absolute atomic E-state index is 14.0. The molecule has 6 heteroatoms. The van der Waals surface area contributed by atoms with Crippen LogP contribution in [-0.4, -0.2) is 22.0 Å². The third-order valence-corrected chi connectivity index (χ3v) is 14.2. The quantitative estimate of drug-likeness (QED) is 0.265. The minimum Gasteiger partial charge on any atom is -0.245 e. The van der Waals surface area contributed by atoms with Gasteiger partial charge in [0.05, 0.1) is 17.8 Å². The summed E-state index contributed by atoms with van der Waals surface area (Å²) in [6.07, 6.45) is 2.79. The van der Waals surface area contributed by atoms with Gasteiger partial charge in [-0.25, -0.2) is 23.5 Å². The zero-order valence-electron chi connectivity index (χ0n) is 21.1. The second-order valence-corrected chi connectivity index (χ2v) is 14.4. The SMILES string of the molecule is O=c1n(-c2ccccc2)c(=O)n2n1[C@@H]1CCC[C@H]2C1[Si](c1ccccc1)(c1ccccc1)c1ccccc1. The van der Waals surface area contributed by atoms with Crippen molar-refractivity contribution >= 4 is 23.6 Å². The van der Waals surface area contributed by atoms with Gasteiger partial charge in [-0.05, 0) is 47.0 Å². The van der Waals surface area contributed by atoms with Crippen LogP contribution in [0.25, 0.3) is 5.69 Å². The molecule has 0 radical (unpaired) electrons. The Labute approximate surface area is 222 Å². The normalized spacial score (nSPS) is 20.3. The summed E-state index contributed by atoms with van der Waals surface area (Å²) in [7, 11) is -2.72. The summed E-state index contributed by atoms with van der Waals surface area (Å²) in [4.78, 5) is 28.1. The van der Waals surface area contributed by atoms with E-state index in [9.17, 15) is 9.59 Å². The average Bonchev–Trinajstić information content (AvgIpc) is 3.35. The number of benzene rings is 4. The van der Waals surface area contributed by atoms with E-state index in [0.29, 0.717) is 5.69 Å². The van der Waals surface area contributed by atoms with Gasteiger partial charge in [0.2, 0.25) is 0 Å². The Kier molecular flexibility index (Phi) is 5.44. The first-order valence-corrected chi connectivity index (χ1v) is 15.5. The molecule has 0 amide bonds. The fourth-order valence-electron chi connectivity index (χ4n) is 7.33. The number of fused-ring (bicyclic) bond motifs is 5. The number of nitrogens with zero attached hydrogens (tertiary/aromatic N) is 3. The third kappa shape index (κ3) is 3.16. The number of rotatable bonds is 5. The van der Waals surface area contributed by atoms with Crippen LogP contribution < -0.4 is 26.9 Å². The van der Waals surface area contributed by atoms with Gasteiger partial charge in [0.15, 0.2) is 8.07 Å². The van der Waals surface area contributed by atoms with Crippen molar-refractivity contribution in [3.8, 4) is 5.69 Å². The standard InChI is InChI=1S/C32H29N3O2Si/c36-31-33(24-14-5-1-6-15-24)32(37)35-29-23-13-22-28(34(31)35)30(29)38(25-16-7-2-8-17-25,26-18-9-3-10-19-26)27-20-11-4-12-21-27/h1-12,14-21,28-30H,13,22-23H2/t28-,29+,30?. The van der Waals surface area contributed by atoms with Gasteiger partial charge in [0.1, 0.15) is 0 Å². The largest absolute Gasteiger partial charge is 0.352 e. The summed E-state index contributed by atoms with van der Waals surface area (Å²) in [6, 6.07) is 41.8. The highest BCUT2D eigenvalue weighted by molar-refractivity contribution is 7.12. The predicted molar refractivity (Wildman–Crippen MR) is 154 cm³/mol. The van der Waals surface area contributed by atoms with Crippen molar-refractivity contribution in [2.75, 3.05) is 0 Å². The lowest BCUT2D eigenvalue weighted by atomic mass is 9.92. The van der Waals surface area contributed by atoms with Gasteiger partial charge in [-0.1, -0.05) is 109 Å². The van der Waals surface area contributed by atoms with Crippen molar-refractivity contribution < 1.29 is 0 Å². The Hall–Kier alpha value is -4.16. The van der Waals surface area contributed by atoms with Gasteiger partial charge in [-0.2, -0.15) is 0 Å². The topological polar surface area (TPSA) is 48.9 Å². The number of hydrogen-bond donors (Lipinski definition) is 0. The molecule has 3 atom stereocenters. The lowest BCUT2D eigenvalue weighted by Gasteiger charge is -2.45. The summed E-state index contributed by atoms with van der Waals surface area (Å²) >= 11 is 0. The predicted octanol–water partition coefficient (Wildman–Crippen LogP) is 3.62. The Morgan fingerprint density at radius 2 is 0.895 bits per heavy atom. The lowest BCUT2D eigenvalue weighted by molar-refractivity contribution is 0.364. The van der Waals surface area contributed by atoms with E-state index < -0.39 is 8.07 Å². The van der Waals surface area contributed by atoms with Gasteiger partial charge in [-0.3, -0.25) is 0 Å². The van der Waals surface area contributed by atoms with E-state index in [1.807, 2.05) is 39.7 Å². The van der Waals surface area contributed by atoms with Crippen molar-refractivity contribution in [3.05, 3.63) is 142 Å². The summed E-state index contributed by atoms with van der Waals surface area (Å²) in [5.74, 6) is 0. The van der Waals surface area contributed by atoms with Crippen molar-refractivity contribution in [2.45, 2.75) is 36.9 Å². The van der Waals surface area contributed by atoms with Crippen LogP contribution in [0.5, 0.6) is 0 Å². The smallest absolute Gasteiger partial charge is 0.245 e. The first-order valence-electron chi connectivity index (χ1n) is 13.4. The number of para-hydroxylation sites is 1. The Balaban J connectivity index is 1.53. The van der Waals surface area contributed by atoms with E-state index in [-0.39, 0.29) is 29.0 Å². The minimum absolute atomic E-state index is 0.0498. The van der Waals surface area contributed by atoms with E-state index in [4.69, 9.17) is 0 Å². The average molecular weight is 516 g/mol. The monoisotopic (exact) mass is 515 g/mol. The van der Waals surface area contributed by atoms with Crippen LogP contribution in [0.3, 0.4) is 0 Å². The van der Waals surface area contributed by atoms with E-state index in [1.165, 1.54) is 20.1 Å². The molecule has 7 rings (SSSR count). The highest BCUT2D eigenvalue weighted by atomic mass is 28.3. The molecule has 4 aromatic carbocycles. The van der Waals surface area contributed by atoms with Crippen LogP contribution in [0.4, 0.5) is 0 Å². The van der Waals surface area contributed by atoms with Gasteiger partial charge < -0.3 is 0 Å². The highest BCUT2D eigenvalue weighted by Crippen LogP contribution is 2.53. The molecule has 1 saturated carbocycles. The molecule has 0 saturated heterocycles. The van der Waals surface area contributed by atoms with Gasteiger partial charge in [0, 0.05) is 5.54 Å². The van der Waals surface area contributed by atoms with Crippen LogP contribution in [0.2, 0.25) is 5.54 Å². The molecule has 2 heterocycles. The molecule has 1 unspecified atom stereocenters. The van der Waals surface area contributed by atoms with Gasteiger partial charge in [0.25, 0.3) is 0 Å². The molecule has 5 aromatic rings. The summed E-state index contributed by atoms with van der Waals surface area (Å²) in [5, 5.41) is 3.96. The maximum atomic E-state index is 14.0. The summed E-state index contributed by atoms with van der Waals surface area (Å²) < 4.78 is 5.01. The van der Waals surface area contributed by atoms with E-state index >= 15 is 0 Å². The molecule has 0 N–H and O–H groups in total. The molecule has 1 fully saturated rings. The van der Waals surface area contributed by atoms with Crippen LogP contribution in [0, 0.1) is 0 Å². The number of aromatic nitrogens is 3. The lowest BCUT2D eigenvalue weighted by Crippen LogP contribution is -2.71. The molecule has 5 nitrogen and oxygen atoms in total. The number of hydrogen-bond acceptors (Lipinski definition) is 2. The van der Waals surface area contributed by atoms with Crippen LogP contribution in [0.1, 0.15) is 31.3 Å². The summed E-state index contributed by atoms with van der Waals surface area (Å²) in [6.45, 7) is 0. The maximum Gasteiger partial charge on any atom is 0.352 e. The molecule has 1 aromatic heterocycles. The molecule has 1 aliphatic heterocycles. The minimum atomic E-state index is -2.72. The Morgan fingerprint density at radius 3 is 1.29 bits per heavy atom. The second-order valence-electron chi connectivity index (χ2n) is 10.4. The van der Waals surface area contributed by atoms with Gasteiger partial charge >= 0.3 is 11.4 Å².